The summed E-state index contributed by atoms with van der Waals surface area (Å²) in [5.41, 5.74) is 6.49. The van der Waals surface area contributed by atoms with Crippen LogP contribution >= 0.6 is 0 Å². The summed E-state index contributed by atoms with van der Waals surface area (Å²) >= 11 is 0. The Morgan fingerprint density at radius 3 is 2.57 bits per heavy atom. The van der Waals surface area contributed by atoms with Crippen molar-refractivity contribution in [2.75, 3.05) is 0 Å². The minimum atomic E-state index is 0.737. The van der Waals surface area contributed by atoms with Gasteiger partial charge in [-0.2, -0.15) is 5.10 Å². The average Bonchev–Trinajstić information content (AvgIpc) is 3.26. The number of rotatable bonds is 6. The van der Waals surface area contributed by atoms with E-state index in [1.54, 1.807) is 0 Å². The first kappa shape index (κ1) is 14.3. The van der Waals surface area contributed by atoms with E-state index in [1.807, 2.05) is 0 Å². The Labute approximate surface area is 127 Å². The molecule has 3 rings (SSSR count). The highest BCUT2D eigenvalue weighted by Crippen LogP contribution is 2.24. The van der Waals surface area contributed by atoms with Gasteiger partial charge < -0.3 is 5.32 Å². The fraction of sp³-hybridized carbons (Fsp3) is 0.500. The summed E-state index contributed by atoms with van der Waals surface area (Å²) in [6.07, 6.45) is 4.67. The summed E-state index contributed by atoms with van der Waals surface area (Å²) in [6, 6.07) is 9.24. The molecule has 1 N–H and O–H groups in total. The SMILES string of the molecule is CCc1nn(-c2ccccc2C)c(CC)c1CNC1CC1. The predicted octanol–water partition coefficient (Wildman–Crippen LogP) is 3.56. The number of aromatic nitrogens is 2. The van der Waals surface area contributed by atoms with Crippen molar-refractivity contribution in [3.05, 3.63) is 46.8 Å². The smallest absolute Gasteiger partial charge is 0.0678 e. The second-order valence-corrected chi connectivity index (χ2v) is 5.93. The number of nitrogens with zero attached hydrogens (tertiary/aromatic N) is 2. The minimum absolute atomic E-state index is 0.737. The molecule has 2 aromatic rings. The summed E-state index contributed by atoms with van der Waals surface area (Å²) in [4.78, 5) is 0. The highest BCUT2D eigenvalue weighted by Gasteiger charge is 2.23. The lowest BCUT2D eigenvalue weighted by Gasteiger charge is -2.10. The van der Waals surface area contributed by atoms with Gasteiger partial charge in [-0.25, -0.2) is 4.68 Å². The lowest BCUT2D eigenvalue weighted by molar-refractivity contribution is 0.677. The van der Waals surface area contributed by atoms with Gasteiger partial charge in [0, 0.05) is 23.8 Å². The van der Waals surface area contributed by atoms with E-state index in [9.17, 15) is 0 Å². The van der Waals surface area contributed by atoms with Crippen LogP contribution in [0.2, 0.25) is 0 Å². The zero-order valence-corrected chi connectivity index (χ0v) is 13.3. The maximum Gasteiger partial charge on any atom is 0.0678 e. The molecule has 0 saturated heterocycles. The van der Waals surface area contributed by atoms with Gasteiger partial charge in [0.1, 0.15) is 0 Å². The Balaban J connectivity index is 2.01. The fourth-order valence-corrected chi connectivity index (χ4v) is 2.92. The van der Waals surface area contributed by atoms with Crippen LogP contribution in [0.5, 0.6) is 0 Å². The first-order valence-electron chi connectivity index (χ1n) is 8.13. The summed E-state index contributed by atoms with van der Waals surface area (Å²) in [6.45, 7) is 7.55. The van der Waals surface area contributed by atoms with E-state index >= 15 is 0 Å². The molecule has 3 heteroatoms. The molecule has 1 aliphatic rings. The van der Waals surface area contributed by atoms with Gasteiger partial charge in [0.25, 0.3) is 0 Å². The third kappa shape index (κ3) is 2.88. The first-order chi connectivity index (χ1) is 10.2. The maximum absolute atomic E-state index is 4.91. The number of benzene rings is 1. The van der Waals surface area contributed by atoms with Crippen LogP contribution in [0.3, 0.4) is 0 Å². The molecule has 112 valence electrons. The molecule has 1 aromatic carbocycles. The number of hydrogen-bond donors (Lipinski definition) is 1. The molecule has 1 heterocycles. The molecule has 0 radical (unpaired) electrons. The second-order valence-electron chi connectivity index (χ2n) is 5.93. The third-order valence-corrected chi connectivity index (χ3v) is 4.33. The topological polar surface area (TPSA) is 29.9 Å². The van der Waals surface area contributed by atoms with Crippen LogP contribution in [-0.2, 0) is 19.4 Å². The first-order valence-corrected chi connectivity index (χ1v) is 8.13. The summed E-state index contributed by atoms with van der Waals surface area (Å²) < 4.78 is 2.16. The highest BCUT2D eigenvalue weighted by atomic mass is 15.3. The molecule has 0 atom stereocenters. The number of aryl methyl sites for hydroxylation is 2. The lowest BCUT2D eigenvalue weighted by atomic mass is 10.1. The number of hydrogen-bond acceptors (Lipinski definition) is 2. The van der Waals surface area contributed by atoms with E-state index in [0.29, 0.717) is 0 Å². The molecule has 1 aromatic heterocycles. The standard InChI is InChI=1S/C18H25N3/c1-4-16-15(12-19-14-10-11-14)17(5-2)21(20-16)18-9-7-6-8-13(18)3/h6-9,14,19H,4-5,10-12H2,1-3H3. The molecule has 1 saturated carbocycles. The summed E-state index contributed by atoms with van der Waals surface area (Å²) in [5.74, 6) is 0. The molecule has 0 aliphatic heterocycles. The average molecular weight is 283 g/mol. The van der Waals surface area contributed by atoms with Crippen LogP contribution in [0.1, 0.15) is 49.2 Å². The van der Waals surface area contributed by atoms with Crippen LogP contribution in [0.15, 0.2) is 24.3 Å². The van der Waals surface area contributed by atoms with Crippen LogP contribution in [0, 0.1) is 6.92 Å². The molecule has 0 spiro atoms. The lowest BCUT2D eigenvalue weighted by Crippen LogP contribution is -2.17. The predicted molar refractivity (Wildman–Crippen MR) is 86.9 cm³/mol. The highest BCUT2D eigenvalue weighted by molar-refractivity contribution is 5.43. The fourth-order valence-electron chi connectivity index (χ4n) is 2.92. The third-order valence-electron chi connectivity index (χ3n) is 4.33. The van der Waals surface area contributed by atoms with Crippen LogP contribution in [0.25, 0.3) is 5.69 Å². The monoisotopic (exact) mass is 283 g/mol. The maximum atomic E-state index is 4.91. The molecule has 0 amide bonds. The Morgan fingerprint density at radius 1 is 1.19 bits per heavy atom. The Hall–Kier alpha value is -1.61. The van der Waals surface area contributed by atoms with Crippen molar-refractivity contribution in [3.63, 3.8) is 0 Å². The Kier molecular flexibility index (Phi) is 4.11. The van der Waals surface area contributed by atoms with Gasteiger partial charge in [0.2, 0.25) is 0 Å². The van der Waals surface area contributed by atoms with E-state index in [2.05, 4.69) is 55.0 Å². The minimum Gasteiger partial charge on any atom is -0.310 e. The molecular weight excluding hydrogens is 258 g/mol. The van der Waals surface area contributed by atoms with E-state index in [-0.39, 0.29) is 0 Å². The molecule has 0 bridgehead atoms. The van der Waals surface area contributed by atoms with Gasteiger partial charge >= 0.3 is 0 Å². The van der Waals surface area contributed by atoms with Crippen molar-refractivity contribution in [3.8, 4) is 5.69 Å². The summed E-state index contributed by atoms with van der Waals surface area (Å²) in [7, 11) is 0. The van der Waals surface area contributed by atoms with Gasteiger partial charge in [-0.05, 0) is 44.2 Å². The number of para-hydroxylation sites is 1. The van der Waals surface area contributed by atoms with Crippen molar-refractivity contribution in [1.82, 2.24) is 15.1 Å². The Bertz CT molecular complexity index is 623. The normalized spacial score (nSPS) is 14.6. The van der Waals surface area contributed by atoms with Crippen molar-refractivity contribution in [2.45, 2.75) is 59.0 Å². The zero-order chi connectivity index (χ0) is 14.8. The molecular formula is C18H25N3. The Morgan fingerprint density at radius 2 is 1.95 bits per heavy atom. The van der Waals surface area contributed by atoms with Gasteiger partial charge in [-0.3, -0.25) is 0 Å². The van der Waals surface area contributed by atoms with E-state index < -0.39 is 0 Å². The molecule has 1 aliphatic carbocycles. The van der Waals surface area contributed by atoms with Gasteiger partial charge in [-0.1, -0.05) is 32.0 Å². The van der Waals surface area contributed by atoms with Gasteiger partial charge in [0.15, 0.2) is 0 Å². The van der Waals surface area contributed by atoms with Gasteiger partial charge in [0.05, 0.1) is 11.4 Å². The van der Waals surface area contributed by atoms with Gasteiger partial charge in [-0.15, -0.1) is 0 Å². The van der Waals surface area contributed by atoms with Crippen molar-refractivity contribution < 1.29 is 0 Å². The molecule has 1 fully saturated rings. The van der Waals surface area contributed by atoms with Crippen molar-refractivity contribution in [1.29, 1.82) is 0 Å². The van der Waals surface area contributed by atoms with Crippen LogP contribution in [0.4, 0.5) is 0 Å². The van der Waals surface area contributed by atoms with Crippen molar-refractivity contribution in [2.24, 2.45) is 0 Å². The van der Waals surface area contributed by atoms with Crippen LogP contribution < -0.4 is 5.32 Å². The van der Waals surface area contributed by atoms with Crippen molar-refractivity contribution >= 4 is 0 Å². The second kappa shape index (κ2) is 6.02. The molecule has 0 unspecified atom stereocenters. The van der Waals surface area contributed by atoms with Crippen LogP contribution in [-0.4, -0.2) is 15.8 Å². The van der Waals surface area contributed by atoms with E-state index in [4.69, 9.17) is 5.10 Å². The van der Waals surface area contributed by atoms with E-state index in [1.165, 1.54) is 41.0 Å². The largest absolute Gasteiger partial charge is 0.310 e. The quantitative estimate of drug-likeness (QED) is 0.878. The number of nitrogens with one attached hydrogen (secondary N) is 1. The molecule has 3 nitrogen and oxygen atoms in total. The zero-order valence-electron chi connectivity index (χ0n) is 13.3. The van der Waals surface area contributed by atoms with E-state index in [0.717, 1.165) is 25.4 Å². The molecule has 21 heavy (non-hydrogen) atoms. The summed E-state index contributed by atoms with van der Waals surface area (Å²) in [5, 5.41) is 8.55.